The first-order valence-electron chi connectivity index (χ1n) is 6.13. The average Bonchev–Trinajstić information content (AvgIpc) is 2.96. The van der Waals surface area contributed by atoms with Crippen molar-refractivity contribution in [1.29, 1.82) is 0 Å². The Morgan fingerprint density at radius 1 is 1.45 bits per heavy atom. The lowest BCUT2D eigenvalue weighted by Gasteiger charge is -2.22. The second-order valence-electron chi connectivity index (χ2n) is 4.14. The molecular formula is C14H15BrN2O2S. The molecule has 0 aromatic carbocycles. The summed E-state index contributed by atoms with van der Waals surface area (Å²) < 4.78 is 5.66. The van der Waals surface area contributed by atoms with Gasteiger partial charge in [-0.05, 0) is 39.5 Å². The van der Waals surface area contributed by atoms with Crippen molar-refractivity contribution in [3.63, 3.8) is 0 Å². The van der Waals surface area contributed by atoms with E-state index in [1.54, 1.807) is 41.7 Å². The Labute approximate surface area is 130 Å². The van der Waals surface area contributed by atoms with Gasteiger partial charge >= 0.3 is 0 Å². The summed E-state index contributed by atoms with van der Waals surface area (Å²) >= 11 is 4.96. The van der Waals surface area contributed by atoms with Crippen LogP contribution in [0.15, 0.2) is 40.4 Å². The zero-order valence-electron chi connectivity index (χ0n) is 11.1. The van der Waals surface area contributed by atoms with E-state index in [0.717, 1.165) is 4.88 Å². The van der Waals surface area contributed by atoms with Gasteiger partial charge in [0, 0.05) is 24.7 Å². The van der Waals surface area contributed by atoms with Crippen LogP contribution in [0.25, 0.3) is 0 Å². The quantitative estimate of drug-likeness (QED) is 0.748. The van der Waals surface area contributed by atoms with Gasteiger partial charge in [-0.1, -0.05) is 6.07 Å². The number of carbonyl (C=O) groups is 1. The largest absolute Gasteiger partial charge is 0.383 e. The van der Waals surface area contributed by atoms with Crippen molar-refractivity contribution in [3.8, 4) is 0 Å². The summed E-state index contributed by atoms with van der Waals surface area (Å²) in [7, 11) is 1.63. The molecule has 2 heterocycles. The molecule has 0 spiro atoms. The molecule has 0 fully saturated rings. The summed E-state index contributed by atoms with van der Waals surface area (Å²) in [5.41, 5.74) is 0.570. The first-order chi connectivity index (χ1) is 9.72. The highest BCUT2D eigenvalue weighted by molar-refractivity contribution is 9.10. The molecule has 2 aromatic rings. The molecule has 0 aliphatic heterocycles. The minimum atomic E-state index is -0.0459. The van der Waals surface area contributed by atoms with Gasteiger partial charge < -0.3 is 9.64 Å². The van der Waals surface area contributed by atoms with Crippen molar-refractivity contribution < 1.29 is 9.53 Å². The van der Waals surface area contributed by atoms with Gasteiger partial charge in [0.25, 0.3) is 5.91 Å². The molecule has 2 rings (SSSR count). The lowest BCUT2D eigenvalue weighted by atomic mass is 10.2. The molecule has 0 bridgehead atoms. The van der Waals surface area contributed by atoms with Gasteiger partial charge in [-0.2, -0.15) is 0 Å². The van der Waals surface area contributed by atoms with E-state index in [9.17, 15) is 4.79 Å². The van der Waals surface area contributed by atoms with Gasteiger partial charge in [-0.3, -0.25) is 4.79 Å². The van der Waals surface area contributed by atoms with Gasteiger partial charge in [-0.15, -0.1) is 11.3 Å². The fourth-order valence-electron chi connectivity index (χ4n) is 1.76. The molecule has 4 nitrogen and oxygen atoms in total. The van der Waals surface area contributed by atoms with Crippen LogP contribution in [0.4, 0.5) is 0 Å². The summed E-state index contributed by atoms with van der Waals surface area (Å²) in [5.74, 6) is -0.0459. The minimum absolute atomic E-state index is 0.0459. The van der Waals surface area contributed by atoms with E-state index in [0.29, 0.717) is 29.9 Å². The molecule has 0 N–H and O–H groups in total. The van der Waals surface area contributed by atoms with Crippen molar-refractivity contribution in [1.82, 2.24) is 9.88 Å². The first-order valence-corrected chi connectivity index (χ1v) is 7.80. The minimum Gasteiger partial charge on any atom is -0.383 e. The monoisotopic (exact) mass is 354 g/mol. The fraction of sp³-hybridized carbons (Fsp3) is 0.286. The summed E-state index contributed by atoms with van der Waals surface area (Å²) in [4.78, 5) is 19.6. The van der Waals surface area contributed by atoms with E-state index >= 15 is 0 Å². The predicted octanol–water partition coefficient (Wildman–Crippen LogP) is 3.19. The number of pyridine rings is 1. The topological polar surface area (TPSA) is 42.4 Å². The SMILES string of the molecule is COCCN(Cc1cccs1)C(=O)c1cccnc1Br. The molecule has 1 amide bonds. The van der Waals surface area contributed by atoms with Crippen molar-refractivity contribution >= 4 is 33.2 Å². The third-order valence-corrected chi connectivity index (χ3v) is 4.26. The predicted molar refractivity (Wildman–Crippen MR) is 82.9 cm³/mol. The second-order valence-corrected chi connectivity index (χ2v) is 5.92. The highest BCUT2D eigenvalue weighted by atomic mass is 79.9. The third-order valence-electron chi connectivity index (χ3n) is 2.77. The molecule has 0 unspecified atom stereocenters. The molecule has 0 aliphatic rings. The van der Waals surface area contributed by atoms with Gasteiger partial charge in [0.05, 0.1) is 18.7 Å². The van der Waals surface area contributed by atoms with E-state index in [-0.39, 0.29) is 5.91 Å². The first kappa shape index (κ1) is 15.2. The molecule has 0 aliphatic carbocycles. The molecule has 20 heavy (non-hydrogen) atoms. The van der Waals surface area contributed by atoms with E-state index in [4.69, 9.17) is 4.74 Å². The Hall–Kier alpha value is -1.24. The summed E-state index contributed by atoms with van der Waals surface area (Å²) in [6, 6.07) is 7.54. The molecular weight excluding hydrogens is 340 g/mol. The number of thiophene rings is 1. The molecule has 6 heteroatoms. The van der Waals surface area contributed by atoms with Crippen LogP contribution in [-0.2, 0) is 11.3 Å². The number of aromatic nitrogens is 1. The molecule has 0 atom stereocenters. The zero-order valence-corrected chi connectivity index (χ0v) is 13.5. The van der Waals surface area contributed by atoms with Gasteiger partial charge in [0.15, 0.2) is 0 Å². The van der Waals surface area contributed by atoms with Crippen LogP contribution in [0.2, 0.25) is 0 Å². The Bertz CT molecular complexity index is 560. The number of halogens is 1. The maximum atomic E-state index is 12.6. The maximum absolute atomic E-state index is 12.6. The fourth-order valence-corrected chi connectivity index (χ4v) is 2.90. The number of methoxy groups -OCH3 is 1. The number of hydrogen-bond donors (Lipinski definition) is 0. The Morgan fingerprint density at radius 2 is 2.30 bits per heavy atom. The number of carbonyl (C=O) groups excluding carboxylic acids is 1. The number of nitrogens with zero attached hydrogens (tertiary/aromatic N) is 2. The van der Waals surface area contributed by atoms with Crippen molar-refractivity contribution in [2.45, 2.75) is 6.54 Å². The van der Waals surface area contributed by atoms with Gasteiger partial charge in [0.2, 0.25) is 0 Å². The number of amides is 1. The normalized spacial score (nSPS) is 10.5. The second kappa shape index (κ2) is 7.52. The molecule has 106 valence electrons. The lowest BCUT2D eigenvalue weighted by Crippen LogP contribution is -2.33. The lowest BCUT2D eigenvalue weighted by molar-refractivity contribution is 0.0681. The Balaban J connectivity index is 2.17. The summed E-state index contributed by atoms with van der Waals surface area (Å²) in [6.45, 7) is 1.64. The zero-order chi connectivity index (χ0) is 14.4. The highest BCUT2D eigenvalue weighted by Gasteiger charge is 2.19. The Morgan fingerprint density at radius 3 is 2.95 bits per heavy atom. The van der Waals surface area contributed by atoms with Gasteiger partial charge in [-0.25, -0.2) is 4.98 Å². The summed E-state index contributed by atoms with van der Waals surface area (Å²) in [5, 5.41) is 2.01. The van der Waals surface area contributed by atoms with Crippen LogP contribution < -0.4 is 0 Å². The molecule has 2 aromatic heterocycles. The van der Waals surface area contributed by atoms with Crippen molar-refractivity contribution in [2.75, 3.05) is 20.3 Å². The van der Waals surface area contributed by atoms with Crippen LogP contribution >= 0.6 is 27.3 Å². The smallest absolute Gasteiger partial charge is 0.257 e. The molecule has 0 saturated heterocycles. The van der Waals surface area contributed by atoms with Crippen LogP contribution in [0.3, 0.4) is 0 Å². The number of hydrogen-bond acceptors (Lipinski definition) is 4. The standard InChI is InChI=1S/C14H15BrN2O2S/c1-19-8-7-17(10-11-4-3-9-20-11)14(18)12-5-2-6-16-13(12)15/h2-6,9H,7-8,10H2,1H3. The average molecular weight is 355 g/mol. The van der Waals surface area contributed by atoms with E-state index in [2.05, 4.69) is 20.9 Å². The van der Waals surface area contributed by atoms with Crippen molar-refractivity contribution in [3.05, 3.63) is 50.9 Å². The van der Waals surface area contributed by atoms with Crippen LogP contribution in [0.5, 0.6) is 0 Å². The van der Waals surface area contributed by atoms with Crippen LogP contribution in [0.1, 0.15) is 15.2 Å². The van der Waals surface area contributed by atoms with E-state index < -0.39 is 0 Å². The van der Waals surface area contributed by atoms with Crippen LogP contribution in [0, 0.1) is 0 Å². The highest BCUT2D eigenvalue weighted by Crippen LogP contribution is 2.18. The molecule has 0 radical (unpaired) electrons. The third kappa shape index (κ3) is 3.88. The number of ether oxygens (including phenoxy) is 1. The van der Waals surface area contributed by atoms with E-state index in [1.807, 2.05) is 17.5 Å². The summed E-state index contributed by atoms with van der Waals surface area (Å²) in [6.07, 6.45) is 1.65. The maximum Gasteiger partial charge on any atom is 0.257 e. The molecule has 0 saturated carbocycles. The van der Waals surface area contributed by atoms with Crippen LogP contribution in [-0.4, -0.2) is 36.1 Å². The van der Waals surface area contributed by atoms with Crippen molar-refractivity contribution in [2.24, 2.45) is 0 Å². The van der Waals surface area contributed by atoms with E-state index in [1.165, 1.54) is 0 Å². The Kier molecular flexibility index (Phi) is 5.70. The number of rotatable bonds is 6. The van der Waals surface area contributed by atoms with Gasteiger partial charge in [0.1, 0.15) is 4.60 Å².